The van der Waals surface area contributed by atoms with Crippen LogP contribution in [-0.2, 0) is 0 Å². The molecule has 3 nitrogen and oxygen atoms in total. The van der Waals surface area contributed by atoms with Gasteiger partial charge in [0.15, 0.2) is 5.78 Å². The van der Waals surface area contributed by atoms with Crippen LogP contribution in [0.15, 0.2) is 84.9 Å². The van der Waals surface area contributed by atoms with Crippen molar-refractivity contribution in [3.05, 3.63) is 96.1 Å². The summed E-state index contributed by atoms with van der Waals surface area (Å²) in [6, 6.07) is 26.0. The number of ether oxygens (including phenoxy) is 2. The summed E-state index contributed by atoms with van der Waals surface area (Å²) in [4.78, 5) is 12.6. The van der Waals surface area contributed by atoms with Crippen LogP contribution in [0.25, 0.3) is 0 Å². The first kappa shape index (κ1) is 15.8. The van der Waals surface area contributed by atoms with Crippen molar-refractivity contribution >= 4 is 5.78 Å². The maximum Gasteiger partial charge on any atom is 0.196 e. The average molecular weight is 318 g/mol. The largest absolute Gasteiger partial charge is 0.490 e. The van der Waals surface area contributed by atoms with Gasteiger partial charge >= 0.3 is 0 Å². The maximum atomic E-state index is 12.6. The molecule has 0 bridgehead atoms. The molecule has 3 heteroatoms. The van der Waals surface area contributed by atoms with E-state index in [1.165, 1.54) is 0 Å². The molecule has 0 aliphatic rings. The maximum absolute atomic E-state index is 12.6. The summed E-state index contributed by atoms with van der Waals surface area (Å²) in [5, 5.41) is 0. The molecule has 0 aliphatic carbocycles. The van der Waals surface area contributed by atoms with E-state index in [4.69, 9.17) is 9.47 Å². The zero-order chi connectivity index (χ0) is 16.6. The second-order valence-electron chi connectivity index (χ2n) is 5.20. The Morgan fingerprint density at radius 1 is 0.667 bits per heavy atom. The number of para-hydroxylation sites is 2. The van der Waals surface area contributed by atoms with Gasteiger partial charge in [0, 0.05) is 5.56 Å². The molecular formula is C21H18O3. The zero-order valence-electron chi connectivity index (χ0n) is 13.2. The Bertz CT molecular complexity index is 782. The van der Waals surface area contributed by atoms with Crippen LogP contribution in [0.3, 0.4) is 0 Å². The highest BCUT2D eigenvalue weighted by Gasteiger charge is 2.13. The Kier molecular flexibility index (Phi) is 5.25. The SMILES string of the molecule is O=C(c1ccccc1)c1ccccc1OCCOc1ccccc1. The minimum Gasteiger partial charge on any atom is -0.490 e. The number of carbonyl (C=O) groups excluding carboxylic acids is 1. The second kappa shape index (κ2) is 7.97. The van der Waals surface area contributed by atoms with Crippen LogP contribution >= 0.6 is 0 Å². The van der Waals surface area contributed by atoms with Crippen molar-refractivity contribution < 1.29 is 14.3 Å². The fraction of sp³-hybridized carbons (Fsp3) is 0.0952. The van der Waals surface area contributed by atoms with Gasteiger partial charge in [0.25, 0.3) is 0 Å². The van der Waals surface area contributed by atoms with Gasteiger partial charge < -0.3 is 9.47 Å². The molecule has 0 heterocycles. The summed E-state index contributed by atoms with van der Waals surface area (Å²) >= 11 is 0. The van der Waals surface area contributed by atoms with Crippen LogP contribution in [0.4, 0.5) is 0 Å². The van der Waals surface area contributed by atoms with Gasteiger partial charge in [0.1, 0.15) is 24.7 Å². The lowest BCUT2D eigenvalue weighted by Gasteiger charge is -2.11. The van der Waals surface area contributed by atoms with Gasteiger partial charge in [-0.2, -0.15) is 0 Å². The molecule has 0 aromatic heterocycles. The molecule has 120 valence electrons. The molecule has 3 rings (SSSR count). The summed E-state index contributed by atoms with van der Waals surface area (Å²) in [5.74, 6) is 1.33. The van der Waals surface area contributed by atoms with E-state index in [0.29, 0.717) is 30.1 Å². The first-order chi connectivity index (χ1) is 11.8. The first-order valence-electron chi connectivity index (χ1n) is 7.84. The molecule has 0 atom stereocenters. The molecule has 0 fully saturated rings. The van der Waals surface area contributed by atoms with Crippen LogP contribution in [0.2, 0.25) is 0 Å². The molecule has 3 aromatic carbocycles. The molecule has 0 radical (unpaired) electrons. The lowest BCUT2D eigenvalue weighted by atomic mass is 10.0. The van der Waals surface area contributed by atoms with Crippen LogP contribution in [-0.4, -0.2) is 19.0 Å². The fourth-order valence-electron chi connectivity index (χ4n) is 2.35. The fourth-order valence-corrected chi connectivity index (χ4v) is 2.35. The number of hydrogen-bond acceptors (Lipinski definition) is 3. The zero-order valence-corrected chi connectivity index (χ0v) is 13.2. The summed E-state index contributed by atoms with van der Waals surface area (Å²) in [6.07, 6.45) is 0. The van der Waals surface area contributed by atoms with Gasteiger partial charge in [-0.3, -0.25) is 4.79 Å². The van der Waals surface area contributed by atoms with Gasteiger partial charge in [-0.05, 0) is 24.3 Å². The van der Waals surface area contributed by atoms with Crippen molar-refractivity contribution in [3.8, 4) is 11.5 Å². The molecule has 0 N–H and O–H groups in total. The molecule has 3 aromatic rings. The molecule has 0 spiro atoms. The topological polar surface area (TPSA) is 35.5 Å². The first-order valence-corrected chi connectivity index (χ1v) is 7.84. The van der Waals surface area contributed by atoms with E-state index in [1.807, 2.05) is 60.7 Å². The lowest BCUT2D eigenvalue weighted by Crippen LogP contribution is -2.11. The van der Waals surface area contributed by atoms with E-state index < -0.39 is 0 Å². The summed E-state index contributed by atoms with van der Waals surface area (Å²) in [6.45, 7) is 0.784. The molecule has 0 amide bonds. The van der Waals surface area contributed by atoms with Crippen LogP contribution in [0, 0.1) is 0 Å². The second-order valence-corrected chi connectivity index (χ2v) is 5.20. The monoisotopic (exact) mass is 318 g/mol. The van der Waals surface area contributed by atoms with Crippen molar-refractivity contribution in [3.63, 3.8) is 0 Å². The quantitative estimate of drug-likeness (QED) is 0.479. The third-order valence-corrected chi connectivity index (χ3v) is 3.52. The van der Waals surface area contributed by atoms with E-state index in [2.05, 4.69) is 0 Å². The van der Waals surface area contributed by atoms with Gasteiger partial charge in [-0.1, -0.05) is 60.7 Å². The Balaban J connectivity index is 1.63. The van der Waals surface area contributed by atoms with Crippen molar-refractivity contribution in [1.29, 1.82) is 0 Å². The number of hydrogen-bond donors (Lipinski definition) is 0. The molecule has 0 saturated carbocycles. The highest BCUT2D eigenvalue weighted by atomic mass is 16.5. The van der Waals surface area contributed by atoms with Gasteiger partial charge in [-0.25, -0.2) is 0 Å². The van der Waals surface area contributed by atoms with Gasteiger partial charge in [0.05, 0.1) is 5.56 Å². The van der Waals surface area contributed by atoms with Crippen LogP contribution in [0.5, 0.6) is 11.5 Å². The third kappa shape index (κ3) is 4.02. The van der Waals surface area contributed by atoms with E-state index in [1.54, 1.807) is 24.3 Å². The smallest absolute Gasteiger partial charge is 0.196 e. The Morgan fingerprint density at radius 3 is 2.00 bits per heavy atom. The van der Waals surface area contributed by atoms with Crippen LogP contribution in [0.1, 0.15) is 15.9 Å². The predicted molar refractivity (Wildman–Crippen MR) is 93.7 cm³/mol. The van der Waals surface area contributed by atoms with Gasteiger partial charge in [0.2, 0.25) is 0 Å². The summed E-state index contributed by atoms with van der Waals surface area (Å²) in [5.41, 5.74) is 1.21. The average Bonchev–Trinajstić information content (AvgIpc) is 2.66. The highest BCUT2D eigenvalue weighted by Crippen LogP contribution is 2.21. The lowest BCUT2D eigenvalue weighted by molar-refractivity contribution is 0.103. The van der Waals surface area contributed by atoms with Crippen LogP contribution < -0.4 is 9.47 Å². The van der Waals surface area contributed by atoms with Crippen molar-refractivity contribution in [2.45, 2.75) is 0 Å². The van der Waals surface area contributed by atoms with Gasteiger partial charge in [-0.15, -0.1) is 0 Å². The third-order valence-electron chi connectivity index (χ3n) is 3.52. The molecular weight excluding hydrogens is 300 g/mol. The van der Waals surface area contributed by atoms with E-state index in [9.17, 15) is 4.79 Å². The Hall–Kier alpha value is -3.07. The normalized spacial score (nSPS) is 10.2. The summed E-state index contributed by atoms with van der Waals surface area (Å²) in [7, 11) is 0. The highest BCUT2D eigenvalue weighted by molar-refractivity contribution is 6.10. The minimum atomic E-state index is -0.0461. The molecule has 0 aliphatic heterocycles. The minimum absolute atomic E-state index is 0.0461. The van der Waals surface area contributed by atoms with E-state index >= 15 is 0 Å². The van der Waals surface area contributed by atoms with E-state index in [0.717, 1.165) is 5.75 Å². The number of carbonyl (C=O) groups is 1. The molecule has 0 saturated heterocycles. The molecule has 24 heavy (non-hydrogen) atoms. The van der Waals surface area contributed by atoms with Crippen molar-refractivity contribution in [2.75, 3.05) is 13.2 Å². The Morgan fingerprint density at radius 2 is 1.25 bits per heavy atom. The summed E-state index contributed by atoms with van der Waals surface area (Å²) < 4.78 is 11.4. The standard InChI is InChI=1S/C21H18O3/c22-21(17-9-3-1-4-10-17)19-13-7-8-14-20(19)24-16-15-23-18-11-5-2-6-12-18/h1-14H,15-16H2. The number of benzene rings is 3. The number of ketones is 1. The predicted octanol–water partition coefficient (Wildman–Crippen LogP) is 4.38. The van der Waals surface area contributed by atoms with Crippen molar-refractivity contribution in [2.24, 2.45) is 0 Å². The van der Waals surface area contributed by atoms with Crippen molar-refractivity contribution in [1.82, 2.24) is 0 Å². The molecule has 0 unspecified atom stereocenters. The number of rotatable bonds is 7. The van der Waals surface area contributed by atoms with E-state index in [-0.39, 0.29) is 5.78 Å². The Labute approximate surface area is 141 Å².